The minimum absolute atomic E-state index is 0.116. The third kappa shape index (κ3) is 5.98. The van der Waals surface area contributed by atoms with E-state index in [1.165, 1.54) is 0 Å². The third-order valence-electron chi connectivity index (χ3n) is 3.53. The molecule has 10 nitrogen and oxygen atoms in total. The fourth-order valence-electron chi connectivity index (χ4n) is 2.25. The maximum atomic E-state index is 10.7. The number of hydrogen-bond acceptors (Lipinski definition) is 10. The van der Waals surface area contributed by atoms with E-state index < -0.39 is 61.4 Å². The van der Waals surface area contributed by atoms with Gasteiger partial charge in [0, 0.05) is 0 Å². The van der Waals surface area contributed by atoms with Crippen LogP contribution in [0.5, 0.6) is 0 Å². The van der Waals surface area contributed by atoms with E-state index >= 15 is 0 Å². The van der Waals surface area contributed by atoms with Crippen molar-refractivity contribution in [2.45, 2.75) is 35.8 Å². The summed E-state index contributed by atoms with van der Waals surface area (Å²) in [7, 11) is -5.06. The minimum atomic E-state index is -5.06. The van der Waals surface area contributed by atoms with Gasteiger partial charge in [0.1, 0.15) is 0 Å². The van der Waals surface area contributed by atoms with Gasteiger partial charge in [-0.15, -0.1) is 0 Å². The van der Waals surface area contributed by atoms with Crippen molar-refractivity contribution in [3.63, 3.8) is 0 Å². The normalized spacial score (nSPS) is 30.2. The molecule has 0 spiro atoms. The van der Waals surface area contributed by atoms with Crippen molar-refractivity contribution in [2.24, 2.45) is 5.16 Å². The molecular formula is C14H18NO9SSe-. The second-order valence-corrected chi connectivity index (χ2v) is 8.87. The van der Waals surface area contributed by atoms with E-state index in [1.807, 2.05) is 0 Å². The van der Waals surface area contributed by atoms with Crippen LogP contribution in [0.2, 0.25) is 0 Å². The molecule has 146 valence electrons. The van der Waals surface area contributed by atoms with Crippen LogP contribution in [-0.2, 0) is 25.8 Å². The van der Waals surface area contributed by atoms with E-state index in [-0.39, 0.29) is 11.0 Å². The quantitative estimate of drug-likeness (QED) is 0.114. The van der Waals surface area contributed by atoms with Crippen molar-refractivity contribution in [1.82, 2.24) is 0 Å². The van der Waals surface area contributed by atoms with E-state index in [0.717, 1.165) is 5.56 Å². The Morgan fingerprint density at radius 1 is 1.19 bits per heavy atom. The van der Waals surface area contributed by atoms with Gasteiger partial charge in [0.15, 0.2) is 0 Å². The van der Waals surface area contributed by atoms with Crippen molar-refractivity contribution in [1.29, 1.82) is 0 Å². The summed E-state index contributed by atoms with van der Waals surface area (Å²) < 4.78 is 41.5. The Balaban J connectivity index is 2.19. The van der Waals surface area contributed by atoms with Crippen molar-refractivity contribution >= 4 is 30.0 Å². The Bertz CT molecular complexity index is 712. The predicted octanol–water partition coefficient (Wildman–Crippen LogP) is -2.48. The number of nitrogens with zero attached hydrogens (tertiary/aromatic N) is 1. The Morgan fingerprint density at radius 2 is 1.85 bits per heavy atom. The molecule has 0 aromatic heterocycles. The van der Waals surface area contributed by atoms with Crippen LogP contribution in [0.3, 0.4) is 0 Å². The number of aliphatic hydroxyl groups excluding tert-OH is 4. The number of ether oxygens (including phenoxy) is 1. The van der Waals surface area contributed by atoms with Gasteiger partial charge < -0.3 is 0 Å². The van der Waals surface area contributed by atoms with Crippen LogP contribution in [0.1, 0.15) is 5.56 Å². The Morgan fingerprint density at radius 3 is 2.42 bits per heavy atom. The van der Waals surface area contributed by atoms with Crippen LogP contribution in [0.15, 0.2) is 35.5 Å². The zero-order valence-corrected chi connectivity index (χ0v) is 15.8. The van der Waals surface area contributed by atoms with Gasteiger partial charge in [0.25, 0.3) is 0 Å². The maximum absolute atomic E-state index is 10.7. The molecule has 0 radical (unpaired) electrons. The second kappa shape index (κ2) is 9.22. The van der Waals surface area contributed by atoms with Gasteiger partial charge in [-0.05, 0) is 0 Å². The average molecular weight is 455 g/mol. The Kier molecular flexibility index (Phi) is 7.52. The van der Waals surface area contributed by atoms with Gasteiger partial charge in [-0.2, -0.15) is 0 Å². The molecule has 26 heavy (non-hydrogen) atoms. The molecule has 0 aliphatic carbocycles. The summed E-state index contributed by atoms with van der Waals surface area (Å²) in [6, 6.07) is 8.76. The zero-order chi connectivity index (χ0) is 19.3. The van der Waals surface area contributed by atoms with Crippen LogP contribution in [0.4, 0.5) is 0 Å². The van der Waals surface area contributed by atoms with Crippen molar-refractivity contribution < 1.29 is 42.4 Å². The SMILES string of the molecule is O=S(=O)([O-])O/N=C(/Cc1ccccc1)[Se][C@@H]1O[C@H](CO)[C@@H](O)[C@H](O)[C@H]1O. The fraction of sp³-hybridized carbons (Fsp3) is 0.500. The third-order valence-corrected chi connectivity index (χ3v) is 6.12. The fourth-order valence-corrected chi connectivity index (χ4v) is 4.84. The van der Waals surface area contributed by atoms with Gasteiger partial charge in [-0.1, -0.05) is 0 Å². The Hall–Kier alpha value is -1.08. The van der Waals surface area contributed by atoms with Gasteiger partial charge in [-0.25, -0.2) is 0 Å². The molecule has 0 bridgehead atoms. The van der Waals surface area contributed by atoms with Crippen LogP contribution in [-0.4, -0.2) is 89.0 Å². The number of benzene rings is 1. The molecule has 0 amide bonds. The first kappa shape index (κ1) is 21.2. The first-order chi connectivity index (χ1) is 12.2. The van der Waals surface area contributed by atoms with E-state index in [1.54, 1.807) is 30.3 Å². The summed E-state index contributed by atoms with van der Waals surface area (Å²) in [5.41, 5.74) is 0.740. The first-order valence-corrected chi connectivity index (χ1v) is 10.6. The van der Waals surface area contributed by atoms with Gasteiger partial charge in [-0.3, -0.25) is 0 Å². The Labute approximate surface area is 156 Å². The molecule has 5 atom stereocenters. The van der Waals surface area contributed by atoms with Crippen LogP contribution in [0.25, 0.3) is 0 Å². The number of oxime groups is 1. The summed E-state index contributed by atoms with van der Waals surface area (Å²) in [5, 5.41) is 41.2. The molecule has 12 heteroatoms. The van der Waals surface area contributed by atoms with Crippen molar-refractivity contribution in [3.8, 4) is 0 Å². The summed E-state index contributed by atoms with van der Waals surface area (Å²) in [6.07, 6.45) is -5.53. The predicted molar refractivity (Wildman–Crippen MR) is 87.9 cm³/mol. The van der Waals surface area contributed by atoms with Crippen LogP contribution < -0.4 is 0 Å². The molecule has 0 saturated carbocycles. The molecule has 1 fully saturated rings. The van der Waals surface area contributed by atoms with Gasteiger partial charge in [0.05, 0.1) is 0 Å². The van der Waals surface area contributed by atoms with Crippen LogP contribution in [0, 0.1) is 0 Å². The molecule has 1 heterocycles. The molecule has 0 unspecified atom stereocenters. The van der Waals surface area contributed by atoms with E-state index in [9.17, 15) is 33.4 Å². The summed E-state index contributed by atoms with van der Waals surface area (Å²) >= 11 is -0.880. The van der Waals surface area contributed by atoms with Crippen molar-refractivity contribution in [3.05, 3.63) is 35.9 Å². The molecule has 1 aromatic carbocycles. The van der Waals surface area contributed by atoms with Gasteiger partial charge >= 0.3 is 156 Å². The first-order valence-electron chi connectivity index (χ1n) is 7.43. The summed E-state index contributed by atoms with van der Waals surface area (Å²) in [4.78, 5) is 0. The second-order valence-electron chi connectivity index (χ2n) is 5.45. The van der Waals surface area contributed by atoms with Crippen molar-refractivity contribution in [2.75, 3.05) is 6.61 Å². The molecule has 2 rings (SSSR count). The molecule has 1 saturated heterocycles. The number of hydrogen-bond donors (Lipinski definition) is 4. The average Bonchev–Trinajstić information content (AvgIpc) is 2.60. The van der Waals surface area contributed by atoms with Gasteiger partial charge in [0.2, 0.25) is 0 Å². The zero-order valence-electron chi connectivity index (χ0n) is 13.3. The molecule has 1 aliphatic heterocycles. The van der Waals surface area contributed by atoms with E-state index in [2.05, 4.69) is 9.44 Å². The van der Waals surface area contributed by atoms with E-state index in [0.29, 0.717) is 0 Å². The number of rotatable bonds is 7. The molecule has 1 aromatic rings. The standard InChI is InChI=1S/C14H19NO9SSe/c16-7-9-11(17)12(18)13(19)14(23-9)26-10(15-24-25(20,21)22)6-8-4-2-1-3-5-8/h1-5,9,11-14,16-19H,6-7H2,(H,20,21,22)/p-1/b15-10-/t9-,11-,12+,13-,14+/m1/s1. The topological polar surface area (TPSA) is 169 Å². The van der Waals surface area contributed by atoms with Crippen LogP contribution >= 0.6 is 0 Å². The summed E-state index contributed by atoms with van der Waals surface area (Å²) in [5.74, 6) is 0. The summed E-state index contributed by atoms with van der Waals surface area (Å²) in [6.45, 7) is -0.589. The number of aliphatic hydroxyl groups is 4. The van der Waals surface area contributed by atoms with E-state index in [4.69, 9.17) is 4.74 Å². The molecule has 4 N–H and O–H groups in total. The molecular weight excluding hydrogens is 437 g/mol. The molecule has 1 aliphatic rings. The monoisotopic (exact) mass is 456 g/mol.